The second-order valence-electron chi connectivity index (χ2n) is 9.74. The van der Waals surface area contributed by atoms with Gasteiger partial charge in [0.25, 0.3) is 0 Å². The predicted molar refractivity (Wildman–Crippen MR) is 139 cm³/mol. The SMILES string of the molecule is CCCCCCCCCCC(C)c1ccc(C2OC2C(=O)Oc2ccc3ccccc3c2)cc1. The molecule has 0 spiro atoms. The number of fused-ring (bicyclic) bond motifs is 1. The van der Waals surface area contributed by atoms with E-state index in [0.29, 0.717) is 11.7 Å². The summed E-state index contributed by atoms with van der Waals surface area (Å²) in [5.74, 6) is 0.790. The average molecular weight is 459 g/mol. The zero-order valence-electron chi connectivity index (χ0n) is 20.7. The molecule has 1 saturated heterocycles. The molecule has 0 N–H and O–H groups in total. The number of rotatable bonds is 13. The predicted octanol–water partition coefficient (Wildman–Crippen LogP) is 8.52. The van der Waals surface area contributed by atoms with Gasteiger partial charge in [0.05, 0.1) is 0 Å². The van der Waals surface area contributed by atoms with Crippen LogP contribution in [0.1, 0.15) is 94.8 Å². The van der Waals surface area contributed by atoms with Gasteiger partial charge in [-0.1, -0.05) is 120 Å². The smallest absolute Gasteiger partial charge is 0.343 e. The molecule has 4 rings (SSSR count). The molecule has 0 radical (unpaired) electrons. The lowest BCUT2D eigenvalue weighted by Gasteiger charge is -2.12. The summed E-state index contributed by atoms with van der Waals surface area (Å²) < 4.78 is 11.3. The Morgan fingerprint density at radius 1 is 0.853 bits per heavy atom. The number of ether oxygens (including phenoxy) is 2. The molecule has 180 valence electrons. The molecule has 0 amide bonds. The van der Waals surface area contributed by atoms with Crippen molar-refractivity contribution in [2.45, 2.75) is 89.8 Å². The molecule has 0 aromatic heterocycles. The van der Waals surface area contributed by atoms with Crippen LogP contribution in [0, 0.1) is 0 Å². The lowest BCUT2D eigenvalue weighted by atomic mass is 9.93. The van der Waals surface area contributed by atoms with Crippen LogP contribution in [0.4, 0.5) is 0 Å². The van der Waals surface area contributed by atoms with E-state index in [1.54, 1.807) is 0 Å². The number of hydrogen-bond acceptors (Lipinski definition) is 3. The number of esters is 1. The van der Waals surface area contributed by atoms with Gasteiger partial charge in [-0.25, -0.2) is 4.79 Å². The maximum absolute atomic E-state index is 12.6. The number of epoxide rings is 1. The van der Waals surface area contributed by atoms with E-state index < -0.39 is 6.10 Å². The minimum absolute atomic E-state index is 0.204. The topological polar surface area (TPSA) is 38.8 Å². The Morgan fingerprint density at radius 2 is 1.53 bits per heavy atom. The highest BCUT2D eigenvalue weighted by Crippen LogP contribution is 2.40. The third kappa shape index (κ3) is 6.70. The van der Waals surface area contributed by atoms with E-state index in [-0.39, 0.29) is 12.1 Å². The summed E-state index contributed by atoms with van der Waals surface area (Å²) in [6, 6.07) is 22.3. The van der Waals surface area contributed by atoms with Crippen molar-refractivity contribution in [3.63, 3.8) is 0 Å². The summed E-state index contributed by atoms with van der Waals surface area (Å²) in [5, 5.41) is 2.18. The van der Waals surface area contributed by atoms with Gasteiger partial charge in [0.1, 0.15) is 11.9 Å². The van der Waals surface area contributed by atoms with E-state index in [2.05, 4.69) is 38.1 Å². The fraction of sp³-hybridized carbons (Fsp3) is 0.452. The first-order chi connectivity index (χ1) is 16.7. The largest absolute Gasteiger partial charge is 0.425 e. The van der Waals surface area contributed by atoms with Crippen molar-refractivity contribution in [2.75, 3.05) is 0 Å². The lowest BCUT2D eigenvalue weighted by molar-refractivity contribution is -0.135. The molecule has 3 aromatic rings. The molecule has 1 aliphatic heterocycles. The Hall–Kier alpha value is -2.65. The van der Waals surface area contributed by atoms with Crippen molar-refractivity contribution in [3.8, 4) is 5.75 Å². The normalized spacial score (nSPS) is 18.1. The number of hydrogen-bond donors (Lipinski definition) is 0. The van der Waals surface area contributed by atoms with Crippen LogP contribution in [0.5, 0.6) is 5.75 Å². The lowest BCUT2D eigenvalue weighted by Crippen LogP contribution is -2.15. The van der Waals surface area contributed by atoms with Gasteiger partial charge in [0, 0.05) is 0 Å². The minimum atomic E-state index is -0.521. The maximum atomic E-state index is 12.6. The van der Waals surface area contributed by atoms with Crippen molar-refractivity contribution in [1.29, 1.82) is 0 Å². The van der Waals surface area contributed by atoms with Crippen LogP contribution in [-0.4, -0.2) is 12.1 Å². The summed E-state index contributed by atoms with van der Waals surface area (Å²) in [4.78, 5) is 12.6. The standard InChI is InChI=1S/C31H38O3/c1-3-4-5-6-7-8-9-10-13-23(2)24-16-18-26(19-17-24)29-30(34-29)31(32)33-28-21-20-25-14-11-12-15-27(25)22-28/h11-12,14-23,29-30H,3-10,13H2,1-2H3. The average Bonchev–Trinajstić information content (AvgIpc) is 3.67. The van der Waals surface area contributed by atoms with E-state index in [9.17, 15) is 4.79 Å². The first-order valence-electron chi connectivity index (χ1n) is 13.1. The minimum Gasteiger partial charge on any atom is -0.425 e. The number of carbonyl (C=O) groups is 1. The Bertz CT molecular complexity index is 1060. The van der Waals surface area contributed by atoms with E-state index >= 15 is 0 Å². The molecule has 0 aliphatic carbocycles. The first-order valence-corrected chi connectivity index (χ1v) is 13.1. The van der Waals surface area contributed by atoms with E-state index in [4.69, 9.17) is 9.47 Å². The molecular weight excluding hydrogens is 420 g/mol. The molecule has 3 aromatic carbocycles. The highest BCUT2D eigenvalue weighted by molar-refractivity contribution is 5.86. The second kappa shape index (κ2) is 12.2. The molecule has 3 nitrogen and oxygen atoms in total. The third-order valence-electron chi connectivity index (χ3n) is 6.99. The molecule has 0 saturated carbocycles. The van der Waals surface area contributed by atoms with E-state index in [1.165, 1.54) is 63.4 Å². The first kappa shape index (κ1) is 24.5. The monoisotopic (exact) mass is 458 g/mol. The zero-order chi connectivity index (χ0) is 23.8. The van der Waals surface area contributed by atoms with Crippen molar-refractivity contribution in [2.24, 2.45) is 0 Å². The quantitative estimate of drug-likeness (QED) is 0.111. The van der Waals surface area contributed by atoms with Gasteiger partial charge in [-0.05, 0) is 46.4 Å². The summed E-state index contributed by atoms with van der Waals surface area (Å²) in [7, 11) is 0. The number of benzene rings is 3. The summed E-state index contributed by atoms with van der Waals surface area (Å²) in [6.07, 6.45) is 11.4. The number of carbonyl (C=O) groups excluding carboxylic acids is 1. The summed E-state index contributed by atoms with van der Waals surface area (Å²) >= 11 is 0. The fourth-order valence-electron chi connectivity index (χ4n) is 4.72. The van der Waals surface area contributed by atoms with Gasteiger partial charge < -0.3 is 9.47 Å². The van der Waals surface area contributed by atoms with Crippen LogP contribution in [0.25, 0.3) is 10.8 Å². The Labute approximate surface area is 204 Å². The van der Waals surface area contributed by atoms with Gasteiger partial charge in [0.2, 0.25) is 0 Å². The van der Waals surface area contributed by atoms with Gasteiger partial charge >= 0.3 is 5.97 Å². The summed E-state index contributed by atoms with van der Waals surface area (Å²) in [5.41, 5.74) is 2.41. The van der Waals surface area contributed by atoms with E-state index in [1.807, 2.05) is 42.5 Å². The van der Waals surface area contributed by atoms with Crippen LogP contribution >= 0.6 is 0 Å². The molecule has 1 fully saturated rings. The van der Waals surface area contributed by atoms with Crippen LogP contribution < -0.4 is 4.74 Å². The van der Waals surface area contributed by atoms with Crippen LogP contribution in [0.2, 0.25) is 0 Å². The van der Waals surface area contributed by atoms with Crippen molar-refractivity contribution < 1.29 is 14.3 Å². The van der Waals surface area contributed by atoms with Crippen LogP contribution in [0.15, 0.2) is 66.7 Å². The van der Waals surface area contributed by atoms with Crippen molar-refractivity contribution in [1.82, 2.24) is 0 Å². The van der Waals surface area contributed by atoms with E-state index in [0.717, 1.165) is 16.3 Å². The highest BCUT2D eigenvalue weighted by Gasteiger charge is 2.47. The molecule has 3 atom stereocenters. The van der Waals surface area contributed by atoms with Gasteiger partial charge in [-0.2, -0.15) is 0 Å². The highest BCUT2D eigenvalue weighted by atomic mass is 16.6. The molecular formula is C31H38O3. The second-order valence-corrected chi connectivity index (χ2v) is 9.74. The van der Waals surface area contributed by atoms with Gasteiger partial charge in [0.15, 0.2) is 6.10 Å². The van der Waals surface area contributed by atoms with Crippen molar-refractivity contribution >= 4 is 16.7 Å². The summed E-state index contributed by atoms with van der Waals surface area (Å²) in [6.45, 7) is 4.58. The molecule has 3 heteroatoms. The molecule has 0 bridgehead atoms. The molecule has 3 unspecified atom stereocenters. The zero-order valence-corrected chi connectivity index (χ0v) is 20.7. The van der Waals surface area contributed by atoms with Gasteiger partial charge in [-0.3, -0.25) is 0 Å². The Balaban J connectivity index is 1.20. The van der Waals surface area contributed by atoms with Crippen LogP contribution in [-0.2, 0) is 9.53 Å². The maximum Gasteiger partial charge on any atom is 0.343 e. The number of unbranched alkanes of at least 4 members (excludes halogenated alkanes) is 7. The molecule has 34 heavy (non-hydrogen) atoms. The Morgan fingerprint density at radius 3 is 2.26 bits per heavy atom. The van der Waals surface area contributed by atoms with Crippen molar-refractivity contribution in [3.05, 3.63) is 77.9 Å². The fourth-order valence-corrected chi connectivity index (χ4v) is 4.72. The third-order valence-corrected chi connectivity index (χ3v) is 6.99. The molecule has 1 heterocycles. The Kier molecular flexibility index (Phi) is 8.76. The molecule has 1 aliphatic rings. The van der Waals surface area contributed by atoms with Gasteiger partial charge in [-0.15, -0.1) is 0 Å². The van der Waals surface area contributed by atoms with Crippen LogP contribution in [0.3, 0.4) is 0 Å².